The third-order valence-electron chi connectivity index (χ3n) is 6.22. The number of aliphatic hydroxyl groups is 1. The maximum absolute atomic E-state index is 13.1. The molecule has 1 aromatic rings. The second kappa shape index (κ2) is 6.31. The van der Waals surface area contributed by atoms with Crippen LogP contribution in [0.3, 0.4) is 0 Å². The van der Waals surface area contributed by atoms with E-state index in [9.17, 15) is 24.6 Å². The molecule has 0 aromatic heterocycles. The average Bonchev–Trinajstić information content (AvgIpc) is 2.60. The van der Waals surface area contributed by atoms with E-state index in [1.54, 1.807) is 18.2 Å². The molecule has 28 heavy (non-hydrogen) atoms. The number of ketones is 2. The normalized spacial score (nSPS) is 29.2. The highest BCUT2D eigenvalue weighted by Crippen LogP contribution is 2.48. The van der Waals surface area contributed by atoms with Gasteiger partial charge in [0.25, 0.3) is 5.91 Å². The van der Waals surface area contributed by atoms with Gasteiger partial charge in [-0.25, -0.2) is 0 Å². The third kappa shape index (κ3) is 2.50. The molecule has 146 valence electrons. The topological polar surface area (TPSA) is 121 Å². The number of carbonyl (C=O) groups is 3. The molecule has 4 atom stereocenters. The first-order chi connectivity index (χ1) is 13.2. The van der Waals surface area contributed by atoms with Crippen LogP contribution in [-0.4, -0.2) is 52.7 Å². The van der Waals surface area contributed by atoms with Crippen molar-refractivity contribution in [3.8, 4) is 5.75 Å². The van der Waals surface area contributed by atoms with E-state index in [-0.39, 0.29) is 46.1 Å². The van der Waals surface area contributed by atoms with Crippen LogP contribution < -0.4 is 5.73 Å². The summed E-state index contributed by atoms with van der Waals surface area (Å²) < 4.78 is 0. The monoisotopic (exact) mass is 382 g/mol. The van der Waals surface area contributed by atoms with Gasteiger partial charge in [-0.2, -0.15) is 0 Å². The van der Waals surface area contributed by atoms with Crippen molar-refractivity contribution in [1.29, 1.82) is 0 Å². The average molecular weight is 382 g/mol. The first-order valence-electron chi connectivity index (χ1n) is 9.23. The Kier molecular flexibility index (Phi) is 4.15. The van der Waals surface area contributed by atoms with Gasteiger partial charge in [-0.1, -0.05) is 18.2 Å². The molecule has 0 spiro atoms. The molecule has 4 rings (SSSR count). The minimum atomic E-state index is -0.984. The number of Topliss-reactive ketones (excluding diaryl/α,β-unsaturated/α-hetero) is 2. The summed E-state index contributed by atoms with van der Waals surface area (Å²) >= 11 is 0. The molecule has 4 N–H and O–H groups in total. The van der Waals surface area contributed by atoms with Crippen LogP contribution in [0.1, 0.15) is 22.3 Å². The molecule has 3 aliphatic carbocycles. The number of primary amides is 1. The van der Waals surface area contributed by atoms with Crippen molar-refractivity contribution in [3.63, 3.8) is 0 Å². The minimum Gasteiger partial charge on any atom is -0.511 e. The highest BCUT2D eigenvalue weighted by molar-refractivity contribution is 6.21. The van der Waals surface area contributed by atoms with Gasteiger partial charge >= 0.3 is 0 Å². The number of allylic oxidation sites excluding steroid dienone is 2. The molecular formula is C21H22N2O5. The molecule has 0 saturated carbocycles. The van der Waals surface area contributed by atoms with Crippen molar-refractivity contribution < 1.29 is 24.6 Å². The number of phenolic OH excluding ortho intramolecular Hbond substituents is 1. The molecule has 7 nitrogen and oxygen atoms in total. The van der Waals surface area contributed by atoms with Gasteiger partial charge < -0.3 is 20.8 Å². The molecule has 0 saturated heterocycles. The highest BCUT2D eigenvalue weighted by atomic mass is 16.3. The third-order valence-corrected chi connectivity index (χ3v) is 6.22. The van der Waals surface area contributed by atoms with E-state index in [2.05, 4.69) is 0 Å². The quantitative estimate of drug-likeness (QED) is 0.659. The van der Waals surface area contributed by atoms with E-state index in [4.69, 9.17) is 5.73 Å². The molecular weight excluding hydrogens is 360 g/mol. The van der Waals surface area contributed by atoms with E-state index in [0.717, 1.165) is 5.56 Å². The first-order valence-corrected chi connectivity index (χ1v) is 9.23. The highest BCUT2D eigenvalue weighted by Gasteiger charge is 2.51. The lowest BCUT2D eigenvalue weighted by Gasteiger charge is -2.45. The number of nitrogens with zero attached hydrogens (tertiary/aromatic N) is 1. The zero-order chi connectivity index (χ0) is 20.3. The lowest BCUT2D eigenvalue weighted by atomic mass is 9.61. The van der Waals surface area contributed by atoms with Crippen molar-refractivity contribution in [2.24, 2.45) is 23.5 Å². The molecule has 1 unspecified atom stereocenters. The van der Waals surface area contributed by atoms with Crippen molar-refractivity contribution in [2.45, 2.75) is 18.9 Å². The molecule has 0 fully saturated rings. The van der Waals surface area contributed by atoms with Gasteiger partial charge in [-0.15, -0.1) is 0 Å². The van der Waals surface area contributed by atoms with Gasteiger partial charge in [0.05, 0.1) is 17.1 Å². The van der Waals surface area contributed by atoms with Gasteiger partial charge in [0.1, 0.15) is 11.5 Å². The SMILES string of the molecule is CN(C)[C@@H]1C=C(C(N)=O)C(=O)C2C(O)=C3C(=O)c4c(O)cccc4C[C@H]3C[C@H]21. The molecule has 3 aliphatic rings. The number of aliphatic hydroxyl groups excluding tert-OH is 1. The Labute approximate surface area is 162 Å². The summed E-state index contributed by atoms with van der Waals surface area (Å²) in [6, 6.07) is 4.65. The van der Waals surface area contributed by atoms with E-state index < -0.39 is 23.4 Å². The lowest BCUT2D eigenvalue weighted by molar-refractivity contribution is -0.126. The van der Waals surface area contributed by atoms with E-state index >= 15 is 0 Å². The van der Waals surface area contributed by atoms with Crippen LogP contribution in [0.4, 0.5) is 0 Å². The number of amides is 1. The number of phenols is 1. The lowest BCUT2D eigenvalue weighted by Crippen LogP contribution is -2.51. The molecule has 0 aliphatic heterocycles. The van der Waals surface area contributed by atoms with Crippen molar-refractivity contribution >= 4 is 17.5 Å². The van der Waals surface area contributed by atoms with Gasteiger partial charge in [0.15, 0.2) is 11.6 Å². The fourth-order valence-corrected chi connectivity index (χ4v) is 5.00. The summed E-state index contributed by atoms with van der Waals surface area (Å²) in [6.45, 7) is 0. The standard InChI is InChI=1S/C21H22N2O5/c1-23(2)13-8-12(21(22)28)18(25)17-11(13)7-10-6-9-4-3-5-14(24)15(9)19(26)16(10)20(17)27/h3-5,8,10-11,13,17,24,27H,6-7H2,1-2H3,(H2,22,28)/t10-,11-,13+,17?/m0/s1. The predicted octanol–water partition coefficient (Wildman–Crippen LogP) is 1.12. The number of nitrogens with two attached hydrogens (primary N) is 1. The Balaban J connectivity index is 1.87. The number of likely N-dealkylation sites (N-methyl/N-ethyl adjacent to an activating group) is 1. The zero-order valence-electron chi connectivity index (χ0n) is 15.7. The number of aromatic hydroxyl groups is 1. The Morgan fingerprint density at radius 1 is 1.21 bits per heavy atom. The van der Waals surface area contributed by atoms with Crippen molar-refractivity contribution in [2.75, 3.05) is 14.1 Å². The van der Waals surface area contributed by atoms with Crippen LogP contribution in [0, 0.1) is 17.8 Å². The van der Waals surface area contributed by atoms with Gasteiger partial charge in [0.2, 0.25) is 0 Å². The molecule has 0 radical (unpaired) electrons. The summed E-state index contributed by atoms with van der Waals surface area (Å²) in [4.78, 5) is 39.7. The maximum atomic E-state index is 13.1. The fraction of sp³-hybridized carbons (Fsp3) is 0.381. The van der Waals surface area contributed by atoms with Gasteiger partial charge in [-0.05, 0) is 50.4 Å². The minimum absolute atomic E-state index is 0.137. The van der Waals surface area contributed by atoms with Crippen LogP contribution >= 0.6 is 0 Å². The summed E-state index contributed by atoms with van der Waals surface area (Å²) in [5.41, 5.74) is 6.33. The van der Waals surface area contributed by atoms with Crippen LogP contribution in [-0.2, 0) is 16.0 Å². The first kappa shape index (κ1) is 18.4. The van der Waals surface area contributed by atoms with E-state index in [1.807, 2.05) is 19.0 Å². The van der Waals surface area contributed by atoms with Crippen molar-refractivity contribution in [3.05, 3.63) is 52.3 Å². The van der Waals surface area contributed by atoms with E-state index in [0.29, 0.717) is 12.8 Å². The fourth-order valence-electron chi connectivity index (χ4n) is 5.00. The summed E-state index contributed by atoms with van der Waals surface area (Å²) in [5, 5.41) is 21.2. The van der Waals surface area contributed by atoms with Crippen LogP contribution in [0.25, 0.3) is 0 Å². The summed E-state index contributed by atoms with van der Waals surface area (Å²) in [7, 11) is 3.67. The summed E-state index contributed by atoms with van der Waals surface area (Å²) in [5.74, 6) is -3.77. The summed E-state index contributed by atoms with van der Waals surface area (Å²) in [6.07, 6.45) is 2.59. The van der Waals surface area contributed by atoms with Gasteiger partial charge in [-0.3, -0.25) is 14.4 Å². The zero-order valence-corrected chi connectivity index (χ0v) is 15.7. The number of benzene rings is 1. The van der Waals surface area contributed by atoms with Crippen LogP contribution in [0.2, 0.25) is 0 Å². The molecule has 1 aromatic carbocycles. The second-order valence-corrected chi connectivity index (χ2v) is 7.98. The second-order valence-electron chi connectivity index (χ2n) is 7.98. The Morgan fingerprint density at radius 2 is 1.93 bits per heavy atom. The Morgan fingerprint density at radius 3 is 2.57 bits per heavy atom. The number of fused-ring (bicyclic) bond motifs is 3. The van der Waals surface area contributed by atoms with Crippen LogP contribution in [0.15, 0.2) is 41.2 Å². The number of carbonyl (C=O) groups excluding carboxylic acids is 3. The van der Waals surface area contributed by atoms with Crippen LogP contribution in [0.5, 0.6) is 5.75 Å². The smallest absolute Gasteiger partial charge is 0.252 e. The molecule has 1 amide bonds. The van der Waals surface area contributed by atoms with Gasteiger partial charge in [0, 0.05) is 11.6 Å². The largest absolute Gasteiger partial charge is 0.511 e. The molecule has 7 heteroatoms. The Hall–Kier alpha value is -2.93. The van der Waals surface area contributed by atoms with Crippen molar-refractivity contribution in [1.82, 2.24) is 4.90 Å². The number of hydrogen-bond acceptors (Lipinski definition) is 6. The predicted molar refractivity (Wildman–Crippen MR) is 101 cm³/mol. The molecule has 0 heterocycles. The maximum Gasteiger partial charge on any atom is 0.252 e. The Bertz CT molecular complexity index is 975. The van der Waals surface area contributed by atoms with E-state index in [1.165, 1.54) is 6.07 Å². The molecule has 0 bridgehead atoms. The number of hydrogen-bond donors (Lipinski definition) is 3. The number of rotatable bonds is 2.